The first-order valence-electron chi connectivity index (χ1n) is 2.68. The molecule has 0 bridgehead atoms. The summed E-state index contributed by atoms with van der Waals surface area (Å²) in [6.45, 7) is 3.43. The number of pyridine rings is 1. The quantitative estimate of drug-likeness (QED) is 0.571. The molecule has 1 aromatic heterocycles. The van der Waals surface area contributed by atoms with E-state index in [1.165, 1.54) is 12.1 Å². The Bertz CT molecular complexity index is 260. The zero-order chi connectivity index (χ0) is 7.56. The number of hydrogen-bond acceptors (Lipinski definition) is 1. The first kappa shape index (κ1) is 7.22. The molecule has 0 saturated heterocycles. The molecule has 0 fully saturated rings. The highest BCUT2D eigenvalue weighted by Crippen LogP contribution is 2.11. The molecule has 1 aromatic rings. The van der Waals surface area contributed by atoms with Gasteiger partial charge in [-0.2, -0.15) is 4.39 Å². The summed E-state index contributed by atoms with van der Waals surface area (Å²) >= 11 is 5.37. The van der Waals surface area contributed by atoms with E-state index in [1.807, 2.05) is 0 Å². The van der Waals surface area contributed by atoms with Gasteiger partial charge in [-0.15, -0.1) is 0 Å². The van der Waals surface area contributed by atoms with Crippen molar-refractivity contribution in [2.24, 2.45) is 0 Å². The van der Waals surface area contributed by atoms with Gasteiger partial charge in [-0.3, -0.25) is 0 Å². The highest BCUT2D eigenvalue weighted by molar-refractivity contribution is 6.30. The van der Waals surface area contributed by atoms with Crippen molar-refractivity contribution in [3.8, 4) is 0 Å². The molecule has 0 aliphatic heterocycles. The predicted molar refractivity (Wildman–Crippen MR) is 39.3 cm³/mol. The lowest BCUT2D eigenvalue weighted by atomic mass is 10.3. The average Bonchev–Trinajstić information content (AvgIpc) is 1.95. The minimum absolute atomic E-state index is 0.0330. The minimum atomic E-state index is -0.654. The van der Waals surface area contributed by atoms with Crippen LogP contribution in [-0.4, -0.2) is 4.98 Å². The molecular weight excluding hydrogens is 153 g/mol. The fourth-order valence-corrected chi connectivity index (χ4v) is 0.650. The number of halogens is 2. The summed E-state index contributed by atoms with van der Waals surface area (Å²) in [5.41, 5.74) is 0.488. The van der Waals surface area contributed by atoms with Gasteiger partial charge in [0.25, 0.3) is 0 Å². The van der Waals surface area contributed by atoms with Gasteiger partial charge in [-0.1, -0.05) is 18.2 Å². The molecule has 3 heteroatoms. The van der Waals surface area contributed by atoms with E-state index in [9.17, 15) is 4.39 Å². The highest BCUT2D eigenvalue weighted by atomic mass is 35.5. The lowest BCUT2D eigenvalue weighted by Crippen LogP contribution is -1.85. The van der Waals surface area contributed by atoms with E-state index in [2.05, 4.69) is 11.6 Å². The van der Waals surface area contributed by atoms with Crippen molar-refractivity contribution < 1.29 is 4.39 Å². The summed E-state index contributed by atoms with van der Waals surface area (Å²) in [6, 6.07) is 3.04. The number of nitrogens with zero attached hydrogens (tertiary/aromatic N) is 1. The van der Waals surface area contributed by atoms with Crippen molar-refractivity contribution in [2.45, 2.75) is 0 Å². The van der Waals surface area contributed by atoms with Gasteiger partial charge in [-0.05, 0) is 18.2 Å². The second kappa shape index (κ2) is 2.80. The fourth-order valence-electron chi connectivity index (χ4n) is 0.545. The molecule has 0 aliphatic carbocycles. The molecule has 0 saturated carbocycles. The third-order valence-electron chi connectivity index (χ3n) is 1.03. The lowest BCUT2D eigenvalue weighted by molar-refractivity contribution is 0.583. The Morgan fingerprint density at radius 1 is 1.60 bits per heavy atom. The lowest BCUT2D eigenvalue weighted by Gasteiger charge is -1.93. The van der Waals surface area contributed by atoms with Crippen LogP contribution in [0.15, 0.2) is 18.7 Å². The van der Waals surface area contributed by atoms with E-state index < -0.39 is 5.95 Å². The van der Waals surface area contributed by atoms with Gasteiger partial charge in [0.05, 0.1) is 10.7 Å². The Morgan fingerprint density at radius 2 is 2.30 bits per heavy atom. The van der Waals surface area contributed by atoms with Gasteiger partial charge in [0.15, 0.2) is 0 Å². The standard InChI is InChI=1S/C7H5ClFN/c1-2-5-3-4-6(8)7(9)10-5/h2-4H,1H2. The topological polar surface area (TPSA) is 12.9 Å². The van der Waals surface area contributed by atoms with Crippen LogP contribution in [0.4, 0.5) is 4.39 Å². The predicted octanol–water partition coefficient (Wildman–Crippen LogP) is 2.52. The Morgan fingerprint density at radius 3 is 2.80 bits per heavy atom. The van der Waals surface area contributed by atoms with Crippen LogP contribution in [0.1, 0.15) is 5.69 Å². The van der Waals surface area contributed by atoms with Crippen molar-refractivity contribution in [3.05, 3.63) is 35.4 Å². The molecule has 0 aromatic carbocycles. The molecule has 0 amide bonds. The third kappa shape index (κ3) is 1.33. The molecule has 10 heavy (non-hydrogen) atoms. The molecule has 0 radical (unpaired) electrons. The van der Waals surface area contributed by atoms with E-state index in [-0.39, 0.29) is 5.02 Å². The van der Waals surface area contributed by atoms with Crippen molar-refractivity contribution in [2.75, 3.05) is 0 Å². The second-order valence-corrected chi connectivity index (χ2v) is 2.12. The summed E-state index contributed by atoms with van der Waals surface area (Å²) in [6.07, 6.45) is 1.46. The largest absolute Gasteiger partial charge is 0.232 e. The summed E-state index contributed by atoms with van der Waals surface area (Å²) in [5.74, 6) is -0.654. The van der Waals surface area contributed by atoms with E-state index in [0.717, 1.165) is 0 Å². The summed E-state index contributed by atoms with van der Waals surface area (Å²) in [4.78, 5) is 3.47. The smallest absolute Gasteiger partial charge is 0.219 e. The Hall–Kier alpha value is -0.890. The molecule has 0 N–H and O–H groups in total. The van der Waals surface area contributed by atoms with Crippen molar-refractivity contribution in [1.82, 2.24) is 4.98 Å². The van der Waals surface area contributed by atoms with Crippen molar-refractivity contribution >= 4 is 17.7 Å². The number of rotatable bonds is 1. The first-order chi connectivity index (χ1) is 4.74. The van der Waals surface area contributed by atoms with Crippen molar-refractivity contribution in [3.63, 3.8) is 0 Å². The zero-order valence-corrected chi connectivity index (χ0v) is 5.90. The maximum atomic E-state index is 12.5. The van der Waals surface area contributed by atoms with Gasteiger partial charge < -0.3 is 0 Å². The molecule has 0 aliphatic rings. The van der Waals surface area contributed by atoms with Crippen LogP contribution in [0.2, 0.25) is 5.02 Å². The molecule has 52 valence electrons. The summed E-state index contributed by atoms with van der Waals surface area (Å²) in [7, 11) is 0. The number of hydrogen-bond donors (Lipinski definition) is 0. The summed E-state index contributed by atoms with van der Waals surface area (Å²) < 4.78 is 12.5. The van der Waals surface area contributed by atoms with Gasteiger partial charge in [0, 0.05) is 0 Å². The molecule has 0 atom stereocenters. The van der Waals surface area contributed by atoms with Crippen LogP contribution >= 0.6 is 11.6 Å². The van der Waals surface area contributed by atoms with E-state index in [1.54, 1.807) is 6.07 Å². The maximum Gasteiger partial charge on any atom is 0.232 e. The molecule has 1 rings (SSSR count). The maximum absolute atomic E-state index is 12.5. The third-order valence-corrected chi connectivity index (χ3v) is 1.32. The van der Waals surface area contributed by atoms with E-state index >= 15 is 0 Å². The molecule has 0 spiro atoms. The SMILES string of the molecule is C=Cc1ccc(Cl)c(F)n1. The monoisotopic (exact) mass is 157 g/mol. The highest BCUT2D eigenvalue weighted by Gasteiger charge is 1.98. The summed E-state index contributed by atoms with van der Waals surface area (Å²) in [5, 5.41) is 0.0330. The first-order valence-corrected chi connectivity index (χ1v) is 3.06. The van der Waals surface area contributed by atoms with Crippen molar-refractivity contribution in [1.29, 1.82) is 0 Å². The molecule has 0 unspecified atom stereocenters. The number of aromatic nitrogens is 1. The minimum Gasteiger partial charge on any atom is -0.219 e. The van der Waals surface area contributed by atoms with E-state index in [4.69, 9.17) is 11.6 Å². The van der Waals surface area contributed by atoms with Gasteiger partial charge in [0.2, 0.25) is 5.95 Å². The average molecular weight is 158 g/mol. The van der Waals surface area contributed by atoms with Crippen LogP contribution in [-0.2, 0) is 0 Å². The van der Waals surface area contributed by atoms with Crippen LogP contribution < -0.4 is 0 Å². The zero-order valence-electron chi connectivity index (χ0n) is 5.14. The van der Waals surface area contributed by atoms with Crippen LogP contribution in [0, 0.1) is 5.95 Å². The molecule has 1 heterocycles. The van der Waals surface area contributed by atoms with Gasteiger partial charge in [-0.25, -0.2) is 4.98 Å². The normalized spacial score (nSPS) is 9.40. The fraction of sp³-hybridized carbons (Fsp3) is 0. The van der Waals surface area contributed by atoms with E-state index in [0.29, 0.717) is 5.69 Å². The molecular formula is C7H5ClFN. The van der Waals surface area contributed by atoms with Gasteiger partial charge >= 0.3 is 0 Å². The Balaban J connectivity index is 3.16. The second-order valence-electron chi connectivity index (χ2n) is 1.71. The molecule has 1 nitrogen and oxygen atoms in total. The Kier molecular flexibility index (Phi) is 2.02. The van der Waals surface area contributed by atoms with Crippen LogP contribution in [0.5, 0.6) is 0 Å². The van der Waals surface area contributed by atoms with Crippen LogP contribution in [0.25, 0.3) is 6.08 Å². The van der Waals surface area contributed by atoms with Gasteiger partial charge in [0.1, 0.15) is 0 Å². The van der Waals surface area contributed by atoms with Crippen LogP contribution in [0.3, 0.4) is 0 Å². The Labute approximate surface area is 63.2 Å².